The van der Waals surface area contributed by atoms with Crippen molar-refractivity contribution < 1.29 is 37.1 Å². The van der Waals surface area contributed by atoms with Crippen LogP contribution in [0.3, 0.4) is 0 Å². The fraction of sp³-hybridized carbons (Fsp3) is 0.526. The summed E-state index contributed by atoms with van der Waals surface area (Å²) in [5.41, 5.74) is 0. The van der Waals surface area contributed by atoms with Gasteiger partial charge in [-0.1, -0.05) is 18.2 Å². The summed E-state index contributed by atoms with van der Waals surface area (Å²) >= 11 is 0. The molecule has 0 bridgehead atoms. The lowest BCUT2D eigenvalue weighted by Gasteiger charge is -2.27. The first-order valence-corrected chi connectivity index (χ1v) is 11.4. The molecule has 31 heavy (non-hydrogen) atoms. The standard InChI is InChI=1S/C19H27N3O8S/c1-2-28-18(24)14-29-17(23)9-8-16(19(25)30-22-12-10-20-11-13-22)21-31(26,27)15-6-4-3-5-7-15/h3-7,16,20-21H,2,8-14H2,1H3/t16-/m1/s1. The number of ether oxygens (including phenoxy) is 2. The van der Waals surface area contributed by atoms with E-state index in [-0.39, 0.29) is 24.3 Å². The van der Waals surface area contributed by atoms with E-state index in [1.54, 1.807) is 25.1 Å². The number of nitrogens with one attached hydrogen (secondary N) is 2. The van der Waals surface area contributed by atoms with Crippen LogP contribution in [0.25, 0.3) is 0 Å². The number of sulfonamides is 1. The predicted molar refractivity (Wildman–Crippen MR) is 108 cm³/mol. The van der Waals surface area contributed by atoms with E-state index in [0.29, 0.717) is 26.2 Å². The summed E-state index contributed by atoms with van der Waals surface area (Å²) in [7, 11) is -4.03. The third-order valence-corrected chi connectivity index (χ3v) is 5.71. The summed E-state index contributed by atoms with van der Waals surface area (Å²) in [6, 6.07) is 6.21. The Bertz CT molecular complexity index is 841. The molecule has 1 fully saturated rings. The third kappa shape index (κ3) is 8.61. The van der Waals surface area contributed by atoms with Crippen LogP contribution in [-0.2, 0) is 38.7 Å². The van der Waals surface area contributed by atoms with Crippen LogP contribution in [0.4, 0.5) is 0 Å². The van der Waals surface area contributed by atoms with Gasteiger partial charge < -0.3 is 19.6 Å². The van der Waals surface area contributed by atoms with Crippen molar-refractivity contribution in [1.29, 1.82) is 0 Å². The highest BCUT2D eigenvalue weighted by molar-refractivity contribution is 7.89. The van der Waals surface area contributed by atoms with Crippen LogP contribution in [0.2, 0.25) is 0 Å². The van der Waals surface area contributed by atoms with Crippen molar-refractivity contribution in [3.05, 3.63) is 30.3 Å². The number of esters is 2. The minimum atomic E-state index is -4.03. The molecule has 1 aliphatic rings. The Balaban J connectivity index is 2.01. The number of rotatable bonds is 11. The van der Waals surface area contributed by atoms with E-state index in [0.717, 1.165) is 0 Å². The smallest absolute Gasteiger partial charge is 0.344 e. The molecule has 172 valence electrons. The molecule has 2 N–H and O–H groups in total. The normalized spacial score (nSPS) is 15.6. The third-order valence-electron chi connectivity index (χ3n) is 4.22. The van der Waals surface area contributed by atoms with Gasteiger partial charge in [0.15, 0.2) is 6.61 Å². The van der Waals surface area contributed by atoms with E-state index in [1.807, 2.05) is 0 Å². The van der Waals surface area contributed by atoms with Gasteiger partial charge in [0, 0.05) is 32.6 Å². The SMILES string of the molecule is CCOC(=O)COC(=O)CC[C@@H](NS(=O)(=O)c1ccccc1)C(=O)ON1CCNCC1. The van der Waals surface area contributed by atoms with Gasteiger partial charge in [-0.2, -0.15) is 4.72 Å². The molecule has 11 nitrogen and oxygen atoms in total. The zero-order valence-corrected chi connectivity index (χ0v) is 18.1. The molecule has 0 amide bonds. The molecular formula is C19H27N3O8S. The average molecular weight is 458 g/mol. The monoisotopic (exact) mass is 457 g/mol. The second kappa shape index (κ2) is 12.3. The fourth-order valence-corrected chi connectivity index (χ4v) is 3.92. The van der Waals surface area contributed by atoms with E-state index in [2.05, 4.69) is 14.8 Å². The Hall–Kier alpha value is -2.54. The van der Waals surface area contributed by atoms with Crippen molar-refractivity contribution in [2.45, 2.75) is 30.7 Å². The van der Waals surface area contributed by atoms with Crippen molar-refractivity contribution >= 4 is 27.9 Å². The lowest BCUT2D eigenvalue weighted by Crippen LogP contribution is -2.49. The van der Waals surface area contributed by atoms with Crippen LogP contribution in [-0.4, -0.2) is 76.8 Å². The number of benzene rings is 1. The molecule has 1 aromatic carbocycles. The maximum absolute atomic E-state index is 12.7. The summed E-state index contributed by atoms with van der Waals surface area (Å²) < 4.78 is 37.1. The van der Waals surface area contributed by atoms with E-state index in [1.165, 1.54) is 17.2 Å². The van der Waals surface area contributed by atoms with Crippen LogP contribution >= 0.6 is 0 Å². The molecule has 1 saturated heterocycles. The number of hydrogen-bond donors (Lipinski definition) is 2. The number of piperazine rings is 1. The molecule has 12 heteroatoms. The lowest BCUT2D eigenvalue weighted by atomic mass is 10.2. The van der Waals surface area contributed by atoms with Gasteiger partial charge in [-0.05, 0) is 25.5 Å². The van der Waals surface area contributed by atoms with Crippen LogP contribution in [0, 0.1) is 0 Å². The Morgan fingerprint density at radius 2 is 1.77 bits per heavy atom. The number of hydrogen-bond acceptors (Lipinski definition) is 10. The summed E-state index contributed by atoms with van der Waals surface area (Å²) in [5, 5.41) is 4.54. The van der Waals surface area contributed by atoms with Crippen LogP contribution in [0.1, 0.15) is 19.8 Å². The molecule has 1 atom stereocenters. The zero-order valence-electron chi connectivity index (χ0n) is 17.2. The van der Waals surface area contributed by atoms with Crippen LogP contribution in [0.15, 0.2) is 35.2 Å². The molecule has 2 rings (SSSR count). The topological polar surface area (TPSA) is 140 Å². The molecule has 0 saturated carbocycles. The van der Waals surface area contributed by atoms with Gasteiger partial charge in [0.1, 0.15) is 6.04 Å². The summed E-state index contributed by atoms with van der Waals surface area (Å²) in [6.07, 6.45) is -0.517. The Labute approximate surface area is 181 Å². The predicted octanol–water partition coefficient (Wildman–Crippen LogP) is -0.417. The van der Waals surface area contributed by atoms with E-state index >= 15 is 0 Å². The largest absolute Gasteiger partial charge is 0.463 e. The van der Waals surface area contributed by atoms with Crippen molar-refractivity contribution in [2.24, 2.45) is 0 Å². The minimum absolute atomic E-state index is 0.0279. The molecule has 0 unspecified atom stereocenters. The van der Waals surface area contributed by atoms with E-state index in [4.69, 9.17) is 9.57 Å². The molecule has 0 aromatic heterocycles. The van der Waals surface area contributed by atoms with Crippen molar-refractivity contribution in [2.75, 3.05) is 39.4 Å². The van der Waals surface area contributed by atoms with Gasteiger partial charge in [0.2, 0.25) is 10.0 Å². The van der Waals surface area contributed by atoms with Crippen molar-refractivity contribution in [3.63, 3.8) is 0 Å². The number of carbonyl (C=O) groups is 3. The number of hydroxylamine groups is 2. The molecule has 1 aliphatic heterocycles. The quantitative estimate of drug-likeness (QED) is 0.421. The summed E-state index contributed by atoms with van der Waals surface area (Å²) in [6.45, 7) is 3.35. The molecule has 0 radical (unpaired) electrons. The molecule has 1 aromatic rings. The maximum Gasteiger partial charge on any atom is 0.344 e. The van der Waals surface area contributed by atoms with E-state index in [9.17, 15) is 22.8 Å². The molecular weight excluding hydrogens is 430 g/mol. The molecule has 0 spiro atoms. The first-order valence-electron chi connectivity index (χ1n) is 9.88. The van der Waals surface area contributed by atoms with E-state index < -0.39 is 40.6 Å². The molecule has 1 heterocycles. The Morgan fingerprint density at radius 3 is 2.42 bits per heavy atom. The second-order valence-electron chi connectivity index (χ2n) is 6.58. The highest BCUT2D eigenvalue weighted by atomic mass is 32.2. The van der Waals surface area contributed by atoms with Gasteiger partial charge in [-0.3, -0.25) is 4.79 Å². The van der Waals surface area contributed by atoms with Crippen LogP contribution in [0.5, 0.6) is 0 Å². The zero-order chi connectivity index (χ0) is 22.7. The minimum Gasteiger partial charge on any atom is -0.463 e. The van der Waals surface area contributed by atoms with Gasteiger partial charge >= 0.3 is 17.9 Å². The lowest BCUT2D eigenvalue weighted by molar-refractivity contribution is -0.195. The van der Waals surface area contributed by atoms with Gasteiger partial charge in [0.05, 0.1) is 11.5 Å². The summed E-state index contributed by atoms with van der Waals surface area (Å²) in [4.78, 5) is 41.1. The maximum atomic E-state index is 12.7. The number of nitrogens with zero attached hydrogens (tertiary/aromatic N) is 1. The summed E-state index contributed by atoms with van der Waals surface area (Å²) in [5.74, 6) is -2.30. The van der Waals surface area contributed by atoms with Crippen molar-refractivity contribution in [3.8, 4) is 0 Å². The second-order valence-corrected chi connectivity index (χ2v) is 8.29. The first-order chi connectivity index (χ1) is 14.8. The highest BCUT2D eigenvalue weighted by Crippen LogP contribution is 2.12. The highest BCUT2D eigenvalue weighted by Gasteiger charge is 2.30. The van der Waals surface area contributed by atoms with Crippen LogP contribution < -0.4 is 10.0 Å². The number of carbonyl (C=O) groups excluding carboxylic acids is 3. The van der Waals surface area contributed by atoms with Gasteiger partial charge in [-0.15, -0.1) is 5.06 Å². The molecule has 0 aliphatic carbocycles. The Kier molecular flexibility index (Phi) is 9.85. The Morgan fingerprint density at radius 1 is 1.10 bits per heavy atom. The van der Waals surface area contributed by atoms with Crippen molar-refractivity contribution in [1.82, 2.24) is 15.1 Å². The average Bonchev–Trinajstić information content (AvgIpc) is 2.76. The fourth-order valence-electron chi connectivity index (χ4n) is 2.68. The first kappa shape index (κ1) is 24.7. The van der Waals surface area contributed by atoms with Gasteiger partial charge in [-0.25, -0.2) is 18.0 Å². The van der Waals surface area contributed by atoms with Gasteiger partial charge in [0.25, 0.3) is 0 Å².